The van der Waals surface area contributed by atoms with Crippen LogP contribution in [0.3, 0.4) is 0 Å². The fraction of sp³-hybridized carbons (Fsp3) is 0.875. The van der Waals surface area contributed by atoms with Gasteiger partial charge < -0.3 is 10.5 Å². The van der Waals surface area contributed by atoms with E-state index in [1.807, 2.05) is 0 Å². The van der Waals surface area contributed by atoms with Gasteiger partial charge >= 0.3 is 12.4 Å². The molecule has 3 N–H and O–H groups in total. The highest BCUT2D eigenvalue weighted by Crippen LogP contribution is 2.09. The van der Waals surface area contributed by atoms with E-state index in [1.165, 1.54) is 0 Å². The maximum atomic E-state index is 11.6. The van der Waals surface area contributed by atoms with Crippen LogP contribution in [0.25, 0.3) is 0 Å². The van der Waals surface area contributed by atoms with Crippen molar-refractivity contribution in [3.05, 3.63) is 0 Å². The zero-order valence-corrected chi connectivity index (χ0v) is 8.27. The SMILES string of the molecule is NCCCCCCOC(=O)NC(F)(F)F. The Bertz CT molecular complexity index is 185. The van der Waals surface area contributed by atoms with Gasteiger partial charge in [-0.2, -0.15) is 13.2 Å². The molecule has 0 bridgehead atoms. The molecule has 0 aromatic heterocycles. The van der Waals surface area contributed by atoms with Crippen LogP contribution in [0.15, 0.2) is 0 Å². The second kappa shape index (κ2) is 7.33. The molecule has 7 heteroatoms. The van der Waals surface area contributed by atoms with E-state index in [0.29, 0.717) is 13.0 Å². The van der Waals surface area contributed by atoms with Crippen molar-refractivity contribution in [1.82, 2.24) is 5.32 Å². The van der Waals surface area contributed by atoms with Crippen LogP contribution in [0.5, 0.6) is 0 Å². The van der Waals surface area contributed by atoms with Crippen LogP contribution < -0.4 is 11.1 Å². The Morgan fingerprint density at radius 3 is 2.33 bits per heavy atom. The van der Waals surface area contributed by atoms with E-state index in [0.717, 1.165) is 24.6 Å². The quantitative estimate of drug-likeness (QED) is 0.537. The van der Waals surface area contributed by atoms with Crippen LogP contribution in [-0.4, -0.2) is 25.5 Å². The minimum absolute atomic E-state index is 0.00746. The van der Waals surface area contributed by atoms with Crippen LogP contribution >= 0.6 is 0 Å². The number of alkyl halides is 3. The lowest BCUT2D eigenvalue weighted by Crippen LogP contribution is -2.37. The average Bonchev–Trinajstić information content (AvgIpc) is 2.08. The Hall–Kier alpha value is -0.980. The van der Waals surface area contributed by atoms with E-state index in [2.05, 4.69) is 4.74 Å². The number of amides is 1. The van der Waals surface area contributed by atoms with Crippen LogP contribution in [0, 0.1) is 0 Å². The summed E-state index contributed by atoms with van der Waals surface area (Å²) in [7, 11) is 0. The van der Waals surface area contributed by atoms with Gasteiger partial charge in [0.2, 0.25) is 0 Å². The van der Waals surface area contributed by atoms with Crippen LogP contribution in [-0.2, 0) is 4.74 Å². The van der Waals surface area contributed by atoms with Gasteiger partial charge in [-0.25, -0.2) is 10.1 Å². The monoisotopic (exact) mass is 228 g/mol. The largest absolute Gasteiger partial charge is 0.487 e. The summed E-state index contributed by atoms with van der Waals surface area (Å²) in [4.78, 5) is 10.5. The van der Waals surface area contributed by atoms with Crippen molar-refractivity contribution < 1.29 is 22.7 Å². The van der Waals surface area contributed by atoms with Gasteiger partial charge in [-0.15, -0.1) is 0 Å². The Labute approximate surface area is 86.0 Å². The number of hydrogen-bond acceptors (Lipinski definition) is 3. The maximum Gasteiger partial charge on any atom is 0.487 e. The average molecular weight is 228 g/mol. The summed E-state index contributed by atoms with van der Waals surface area (Å²) in [6.07, 6.45) is -3.09. The number of carbonyl (C=O) groups is 1. The predicted molar refractivity (Wildman–Crippen MR) is 48.1 cm³/mol. The highest BCUT2D eigenvalue weighted by atomic mass is 19.4. The summed E-state index contributed by atoms with van der Waals surface area (Å²) >= 11 is 0. The normalized spacial score (nSPS) is 11.2. The first-order chi connectivity index (χ1) is 6.95. The van der Waals surface area contributed by atoms with Crippen LogP contribution in [0.4, 0.5) is 18.0 Å². The summed E-state index contributed by atoms with van der Waals surface area (Å²) in [5.74, 6) is 0. The van der Waals surface area contributed by atoms with Crippen molar-refractivity contribution in [3.63, 3.8) is 0 Å². The Morgan fingerprint density at radius 1 is 1.20 bits per heavy atom. The molecule has 15 heavy (non-hydrogen) atoms. The van der Waals surface area contributed by atoms with E-state index in [-0.39, 0.29) is 6.61 Å². The van der Waals surface area contributed by atoms with Gasteiger partial charge in [0.05, 0.1) is 6.61 Å². The van der Waals surface area contributed by atoms with Gasteiger partial charge in [-0.1, -0.05) is 12.8 Å². The number of ether oxygens (including phenoxy) is 1. The number of rotatable bonds is 6. The van der Waals surface area contributed by atoms with E-state index in [1.54, 1.807) is 0 Å². The molecule has 0 saturated heterocycles. The molecule has 0 aliphatic rings. The molecule has 0 aromatic rings. The summed E-state index contributed by atoms with van der Waals surface area (Å²) in [6.45, 7) is 0.585. The first-order valence-corrected chi connectivity index (χ1v) is 4.67. The van der Waals surface area contributed by atoms with Crippen LogP contribution in [0.2, 0.25) is 0 Å². The molecule has 0 fully saturated rings. The van der Waals surface area contributed by atoms with E-state index < -0.39 is 12.4 Å². The van der Waals surface area contributed by atoms with Crippen molar-refractivity contribution >= 4 is 6.09 Å². The lowest BCUT2D eigenvalue weighted by Gasteiger charge is -2.08. The van der Waals surface area contributed by atoms with Crippen molar-refractivity contribution in [1.29, 1.82) is 0 Å². The van der Waals surface area contributed by atoms with Gasteiger partial charge in [-0.3, -0.25) is 0 Å². The highest BCUT2D eigenvalue weighted by Gasteiger charge is 2.30. The lowest BCUT2D eigenvalue weighted by atomic mass is 10.2. The second-order valence-corrected chi connectivity index (χ2v) is 2.96. The number of carbonyl (C=O) groups excluding carboxylic acids is 1. The molecule has 0 spiro atoms. The van der Waals surface area contributed by atoms with Crippen molar-refractivity contribution in [2.24, 2.45) is 5.73 Å². The minimum atomic E-state index is -4.73. The molecule has 0 aliphatic heterocycles. The summed E-state index contributed by atoms with van der Waals surface area (Å²) in [5.41, 5.74) is 5.24. The first kappa shape index (κ1) is 14.0. The third-order valence-electron chi connectivity index (χ3n) is 1.58. The third-order valence-corrected chi connectivity index (χ3v) is 1.58. The Morgan fingerprint density at radius 2 is 1.80 bits per heavy atom. The fourth-order valence-corrected chi connectivity index (χ4v) is 0.917. The molecule has 0 rings (SSSR count). The zero-order chi connectivity index (χ0) is 11.7. The molecular weight excluding hydrogens is 213 g/mol. The number of nitrogens with two attached hydrogens (primary N) is 1. The topological polar surface area (TPSA) is 64.3 Å². The molecule has 0 heterocycles. The molecule has 0 aliphatic carbocycles. The molecule has 0 aromatic carbocycles. The van der Waals surface area contributed by atoms with E-state index in [9.17, 15) is 18.0 Å². The summed E-state index contributed by atoms with van der Waals surface area (Å²) < 4.78 is 39.0. The highest BCUT2D eigenvalue weighted by molar-refractivity contribution is 5.67. The molecule has 0 unspecified atom stereocenters. The summed E-state index contributed by atoms with van der Waals surface area (Å²) in [5, 5.41) is 0.740. The molecule has 0 radical (unpaired) electrons. The van der Waals surface area contributed by atoms with Gasteiger partial charge in [-0.05, 0) is 19.4 Å². The predicted octanol–water partition coefficient (Wildman–Crippen LogP) is 1.75. The van der Waals surface area contributed by atoms with Gasteiger partial charge in [0.15, 0.2) is 0 Å². The molecule has 90 valence electrons. The minimum Gasteiger partial charge on any atom is -0.449 e. The first-order valence-electron chi connectivity index (χ1n) is 4.67. The molecular formula is C8H15F3N2O2. The molecule has 4 nitrogen and oxygen atoms in total. The number of halogens is 3. The van der Waals surface area contributed by atoms with Gasteiger partial charge in [0, 0.05) is 0 Å². The Kier molecular flexibility index (Phi) is 6.85. The smallest absolute Gasteiger partial charge is 0.449 e. The van der Waals surface area contributed by atoms with E-state index in [4.69, 9.17) is 5.73 Å². The van der Waals surface area contributed by atoms with Gasteiger partial charge in [0.1, 0.15) is 0 Å². The number of unbranched alkanes of at least 4 members (excludes halogenated alkanes) is 3. The fourth-order valence-electron chi connectivity index (χ4n) is 0.917. The maximum absolute atomic E-state index is 11.6. The van der Waals surface area contributed by atoms with Crippen molar-refractivity contribution in [2.75, 3.05) is 13.2 Å². The molecule has 0 atom stereocenters. The van der Waals surface area contributed by atoms with Crippen molar-refractivity contribution in [2.45, 2.75) is 32.0 Å². The third kappa shape index (κ3) is 10.9. The van der Waals surface area contributed by atoms with E-state index >= 15 is 0 Å². The lowest BCUT2D eigenvalue weighted by molar-refractivity contribution is -0.150. The number of nitrogens with one attached hydrogen (secondary N) is 1. The zero-order valence-electron chi connectivity index (χ0n) is 8.27. The van der Waals surface area contributed by atoms with Gasteiger partial charge in [0.25, 0.3) is 0 Å². The van der Waals surface area contributed by atoms with Crippen molar-refractivity contribution in [3.8, 4) is 0 Å². The Balaban J connectivity index is 3.32. The molecule has 0 saturated carbocycles. The van der Waals surface area contributed by atoms with Crippen LogP contribution in [0.1, 0.15) is 25.7 Å². The molecule has 1 amide bonds. The number of hydrogen-bond donors (Lipinski definition) is 2. The summed E-state index contributed by atoms with van der Waals surface area (Å²) in [6, 6.07) is 0. The number of alkyl carbamates (subject to hydrolysis) is 1. The standard InChI is InChI=1S/C8H15F3N2O2/c9-8(10,11)13-7(14)15-6-4-2-1-3-5-12/h1-6,12H2,(H,13,14). The second-order valence-electron chi connectivity index (χ2n) is 2.96.